The Bertz CT molecular complexity index is 627. The molecule has 0 saturated heterocycles. The molecule has 3 N–H and O–H groups in total. The number of nitro benzene ring substituents is 1. The van der Waals surface area contributed by atoms with Crippen molar-refractivity contribution in [2.45, 2.75) is 24.2 Å². The SMILES string of the molecule is CC(C)(CO)c1c(S(N)(=O)=O)ccc(Cl)c1[N+](=O)[O-]. The predicted octanol–water partition coefficient (Wildman–Crippen LogP) is 1.17. The van der Waals surface area contributed by atoms with Gasteiger partial charge in [0.25, 0.3) is 5.69 Å². The number of nitrogens with two attached hydrogens (primary N) is 1. The molecule has 0 radical (unpaired) electrons. The Morgan fingerprint density at radius 2 is 2.00 bits per heavy atom. The van der Waals surface area contributed by atoms with Crippen LogP contribution in [0.3, 0.4) is 0 Å². The molecule has 0 amide bonds. The van der Waals surface area contributed by atoms with Gasteiger partial charge in [0, 0.05) is 5.41 Å². The summed E-state index contributed by atoms with van der Waals surface area (Å²) in [7, 11) is -4.17. The van der Waals surface area contributed by atoms with Gasteiger partial charge >= 0.3 is 0 Å². The summed E-state index contributed by atoms with van der Waals surface area (Å²) in [5.41, 5.74) is -1.95. The van der Waals surface area contributed by atoms with E-state index in [4.69, 9.17) is 16.7 Å². The van der Waals surface area contributed by atoms with E-state index in [-0.39, 0.29) is 10.6 Å². The minimum Gasteiger partial charge on any atom is -0.395 e. The Morgan fingerprint density at radius 1 is 1.47 bits per heavy atom. The Kier molecular flexibility index (Phi) is 4.20. The molecule has 1 aromatic carbocycles. The predicted molar refractivity (Wildman–Crippen MR) is 69.6 cm³/mol. The molecule has 0 atom stereocenters. The number of rotatable bonds is 4. The van der Waals surface area contributed by atoms with Crippen LogP contribution in [0, 0.1) is 10.1 Å². The first-order chi connectivity index (χ1) is 8.52. The summed E-state index contributed by atoms with van der Waals surface area (Å²) in [6.07, 6.45) is 0. The van der Waals surface area contributed by atoms with Gasteiger partial charge in [0.05, 0.1) is 22.0 Å². The van der Waals surface area contributed by atoms with Gasteiger partial charge in [-0.3, -0.25) is 10.1 Å². The van der Waals surface area contributed by atoms with E-state index >= 15 is 0 Å². The first-order valence-electron chi connectivity index (χ1n) is 5.13. The molecule has 0 heterocycles. The smallest absolute Gasteiger partial charge is 0.293 e. The van der Waals surface area contributed by atoms with Gasteiger partial charge in [0.2, 0.25) is 10.0 Å². The van der Waals surface area contributed by atoms with Gasteiger partial charge in [0.1, 0.15) is 5.02 Å². The lowest BCUT2D eigenvalue weighted by atomic mass is 9.84. The fourth-order valence-electron chi connectivity index (χ4n) is 1.70. The largest absolute Gasteiger partial charge is 0.395 e. The maximum atomic E-state index is 11.5. The summed E-state index contributed by atoms with van der Waals surface area (Å²) in [6, 6.07) is 2.19. The summed E-state index contributed by atoms with van der Waals surface area (Å²) in [5.74, 6) is 0. The van der Waals surface area contributed by atoms with Crippen LogP contribution in [0.15, 0.2) is 17.0 Å². The third-order valence-corrected chi connectivity index (χ3v) is 3.91. The van der Waals surface area contributed by atoms with Gasteiger partial charge in [-0.15, -0.1) is 0 Å². The van der Waals surface area contributed by atoms with Crippen molar-refractivity contribution in [3.8, 4) is 0 Å². The van der Waals surface area contributed by atoms with E-state index < -0.39 is 37.6 Å². The topological polar surface area (TPSA) is 124 Å². The first kappa shape index (κ1) is 15.8. The number of halogens is 1. The fraction of sp³-hybridized carbons (Fsp3) is 0.400. The molecule has 0 saturated carbocycles. The Labute approximate surface area is 115 Å². The van der Waals surface area contributed by atoms with Gasteiger partial charge < -0.3 is 5.11 Å². The zero-order valence-corrected chi connectivity index (χ0v) is 11.8. The number of aliphatic hydroxyl groups is 1. The van der Waals surface area contributed by atoms with Crippen LogP contribution >= 0.6 is 11.6 Å². The number of aliphatic hydroxyl groups excluding tert-OH is 1. The second kappa shape index (κ2) is 5.04. The highest BCUT2D eigenvalue weighted by Gasteiger charge is 2.36. The summed E-state index contributed by atoms with van der Waals surface area (Å²) >= 11 is 5.75. The third-order valence-electron chi connectivity index (χ3n) is 2.65. The van der Waals surface area contributed by atoms with Crippen molar-refractivity contribution in [1.29, 1.82) is 0 Å². The van der Waals surface area contributed by atoms with Crippen LogP contribution in [0.2, 0.25) is 5.02 Å². The zero-order valence-electron chi connectivity index (χ0n) is 10.3. The molecular formula is C10H13ClN2O5S. The maximum Gasteiger partial charge on any atom is 0.293 e. The minimum atomic E-state index is -4.17. The Balaban J connectivity index is 3.90. The van der Waals surface area contributed by atoms with Gasteiger partial charge in [-0.25, -0.2) is 13.6 Å². The quantitative estimate of drug-likeness (QED) is 0.638. The van der Waals surface area contributed by atoms with Gasteiger partial charge in [0.15, 0.2) is 0 Å². The number of sulfonamides is 1. The number of hydrogen-bond acceptors (Lipinski definition) is 5. The van der Waals surface area contributed by atoms with Crippen LogP contribution < -0.4 is 5.14 Å². The lowest BCUT2D eigenvalue weighted by molar-refractivity contribution is -0.386. The highest BCUT2D eigenvalue weighted by molar-refractivity contribution is 7.89. The maximum absolute atomic E-state index is 11.5. The van der Waals surface area contributed by atoms with Crippen LogP contribution in [0.25, 0.3) is 0 Å². The number of nitrogens with zero attached hydrogens (tertiary/aromatic N) is 1. The van der Waals surface area contributed by atoms with Crippen LogP contribution in [-0.4, -0.2) is 25.1 Å². The molecule has 106 valence electrons. The van der Waals surface area contributed by atoms with Crippen LogP contribution in [-0.2, 0) is 15.4 Å². The van der Waals surface area contributed by atoms with Crippen molar-refractivity contribution in [1.82, 2.24) is 0 Å². The van der Waals surface area contributed by atoms with Crippen LogP contribution in [0.1, 0.15) is 19.4 Å². The normalized spacial score (nSPS) is 12.5. The molecule has 0 aliphatic carbocycles. The van der Waals surface area contributed by atoms with Crippen molar-refractivity contribution >= 4 is 27.3 Å². The van der Waals surface area contributed by atoms with Gasteiger partial charge in [-0.05, 0) is 12.1 Å². The van der Waals surface area contributed by atoms with E-state index in [9.17, 15) is 23.6 Å². The van der Waals surface area contributed by atoms with E-state index in [2.05, 4.69) is 0 Å². The van der Waals surface area contributed by atoms with Gasteiger partial charge in [-0.2, -0.15) is 0 Å². The van der Waals surface area contributed by atoms with E-state index in [1.54, 1.807) is 0 Å². The number of benzene rings is 1. The molecule has 0 aliphatic rings. The molecule has 0 spiro atoms. The standard InChI is InChI=1S/C10H13ClN2O5S/c1-10(2,5-14)8-7(19(12,17)18)4-3-6(11)9(8)13(15)16/h3-4,14H,5H2,1-2H3,(H2,12,17,18). The summed E-state index contributed by atoms with van der Waals surface area (Å²) < 4.78 is 23.1. The Morgan fingerprint density at radius 3 is 2.37 bits per heavy atom. The van der Waals surface area contributed by atoms with Crippen LogP contribution in [0.5, 0.6) is 0 Å². The molecular weight excluding hydrogens is 296 g/mol. The molecule has 19 heavy (non-hydrogen) atoms. The average Bonchev–Trinajstić information content (AvgIpc) is 2.26. The van der Waals surface area contributed by atoms with Crippen molar-refractivity contribution < 1.29 is 18.4 Å². The van der Waals surface area contributed by atoms with Gasteiger partial charge in [-0.1, -0.05) is 25.4 Å². The van der Waals surface area contributed by atoms with Crippen molar-refractivity contribution in [3.63, 3.8) is 0 Å². The fourth-order valence-corrected chi connectivity index (χ4v) is 2.84. The molecule has 9 heteroatoms. The highest BCUT2D eigenvalue weighted by atomic mass is 35.5. The molecule has 1 aromatic rings. The molecule has 0 bridgehead atoms. The van der Waals surface area contributed by atoms with Crippen molar-refractivity contribution in [2.24, 2.45) is 5.14 Å². The first-order valence-corrected chi connectivity index (χ1v) is 7.06. The monoisotopic (exact) mass is 308 g/mol. The molecule has 0 fully saturated rings. The molecule has 0 unspecified atom stereocenters. The highest BCUT2D eigenvalue weighted by Crippen LogP contribution is 2.40. The van der Waals surface area contributed by atoms with E-state index in [0.717, 1.165) is 12.1 Å². The van der Waals surface area contributed by atoms with Crippen molar-refractivity contribution in [2.75, 3.05) is 6.61 Å². The lowest BCUT2D eigenvalue weighted by Crippen LogP contribution is -2.28. The number of hydrogen-bond donors (Lipinski definition) is 2. The average molecular weight is 309 g/mol. The Hall–Kier alpha value is -1.22. The van der Waals surface area contributed by atoms with Crippen LogP contribution in [0.4, 0.5) is 5.69 Å². The van der Waals surface area contributed by atoms with E-state index in [1.165, 1.54) is 13.8 Å². The van der Waals surface area contributed by atoms with Crippen molar-refractivity contribution in [3.05, 3.63) is 32.8 Å². The molecule has 0 aromatic heterocycles. The number of primary sulfonamides is 1. The minimum absolute atomic E-state index is 0.199. The molecule has 0 aliphatic heterocycles. The summed E-state index contributed by atoms with van der Waals surface area (Å²) in [4.78, 5) is 9.89. The van der Waals surface area contributed by atoms with E-state index in [0.29, 0.717) is 0 Å². The van der Waals surface area contributed by atoms with E-state index in [1.807, 2.05) is 0 Å². The second-order valence-electron chi connectivity index (χ2n) is 4.61. The lowest BCUT2D eigenvalue weighted by Gasteiger charge is -2.24. The number of nitro groups is 1. The second-order valence-corrected chi connectivity index (χ2v) is 6.55. The third kappa shape index (κ3) is 3.03. The summed E-state index contributed by atoms with van der Waals surface area (Å²) in [5, 5.41) is 25.3. The summed E-state index contributed by atoms with van der Waals surface area (Å²) in [6.45, 7) is 2.41. The molecule has 7 nitrogen and oxygen atoms in total. The zero-order chi connectivity index (χ0) is 15.0. The molecule has 1 rings (SSSR count).